The predicted octanol–water partition coefficient (Wildman–Crippen LogP) is 0.986. The molecule has 0 spiro atoms. The first kappa shape index (κ1) is 13.7. The number of hydrogen-bond donors (Lipinski definition) is 1. The van der Waals surface area contributed by atoms with E-state index in [0.717, 1.165) is 37.8 Å². The number of hydrogen-bond acceptors (Lipinski definition) is 6. The lowest BCUT2D eigenvalue weighted by atomic mass is 9.89. The summed E-state index contributed by atoms with van der Waals surface area (Å²) < 4.78 is 5.63. The Bertz CT molecular complexity index is 504. The van der Waals surface area contributed by atoms with E-state index in [1.165, 1.54) is 19.3 Å². The zero-order chi connectivity index (χ0) is 14.4. The largest absolute Gasteiger partial charge is 0.339 e. The Hall–Kier alpha value is -0.980. The van der Waals surface area contributed by atoms with Crippen molar-refractivity contribution in [1.82, 2.24) is 25.3 Å². The highest BCUT2D eigenvalue weighted by atomic mass is 16.5. The molecule has 116 valence electrons. The van der Waals surface area contributed by atoms with Crippen LogP contribution in [0.2, 0.25) is 0 Å². The average Bonchev–Trinajstić information content (AvgIpc) is 3.18. The van der Waals surface area contributed by atoms with Crippen LogP contribution in [0, 0.1) is 0 Å². The molecule has 21 heavy (non-hydrogen) atoms. The molecule has 0 radical (unpaired) electrons. The maximum Gasteiger partial charge on any atom is 0.231 e. The highest BCUT2D eigenvalue weighted by Crippen LogP contribution is 2.39. The topological polar surface area (TPSA) is 57.4 Å². The molecule has 6 heteroatoms. The molecule has 4 rings (SSSR count). The Balaban J connectivity index is 1.53. The summed E-state index contributed by atoms with van der Waals surface area (Å²) in [5.74, 6) is 2.15. The lowest BCUT2D eigenvalue weighted by molar-refractivity contribution is 0.214. The molecule has 4 atom stereocenters. The highest BCUT2D eigenvalue weighted by Gasteiger charge is 2.43. The predicted molar refractivity (Wildman–Crippen MR) is 79.1 cm³/mol. The summed E-state index contributed by atoms with van der Waals surface area (Å²) in [4.78, 5) is 9.50. The van der Waals surface area contributed by atoms with Crippen LogP contribution in [-0.4, -0.2) is 65.8 Å². The molecule has 0 amide bonds. The third kappa shape index (κ3) is 2.49. The van der Waals surface area contributed by atoms with Gasteiger partial charge < -0.3 is 14.7 Å². The maximum atomic E-state index is 5.63. The van der Waals surface area contributed by atoms with Crippen molar-refractivity contribution in [3.8, 4) is 0 Å². The minimum Gasteiger partial charge on any atom is -0.339 e. The van der Waals surface area contributed by atoms with Gasteiger partial charge in [-0.2, -0.15) is 4.98 Å². The number of nitrogens with one attached hydrogen (secondary N) is 1. The molecule has 0 aliphatic carbocycles. The van der Waals surface area contributed by atoms with E-state index in [0.29, 0.717) is 18.0 Å². The molecule has 1 aromatic heterocycles. The van der Waals surface area contributed by atoms with Gasteiger partial charge in [0, 0.05) is 18.6 Å². The summed E-state index contributed by atoms with van der Waals surface area (Å²) >= 11 is 0. The summed E-state index contributed by atoms with van der Waals surface area (Å²) in [6.07, 6.45) is 4.91. The number of likely N-dealkylation sites (N-methyl/N-ethyl adjacent to an activating group) is 2. The van der Waals surface area contributed by atoms with E-state index in [4.69, 9.17) is 9.51 Å². The fraction of sp³-hybridized carbons (Fsp3) is 0.867. The number of aromatic nitrogens is 2. The Morgan fingerprint density at radius 1 is 1.24 bits per heavy atom. The molecule has 0 saturated carbocycles. The Morgan fingerprint density at radius 2 is 2.14 bits per heavy atom. The van der Waals surface area contributed by atoms with Crippen molar-refractivity contribution in [2.75, 3.05) is 33.7 Å². The SMILES string of the molecule is CN1CCCN(C)C(c2noc(C3CC4CCC3N4)n2)C1. The summed E-state index contributed by atoms with van der Waals surface area (Å²) in [6.45, 7) is 3.21. The van der Waals surface area contributed by atoms with Crippen LogP contribution >= 0.6 is 0 Å². The van der Waals surface area contributed by atoms with E-state index >= 15 is 0 Å². The van der Waals surface area contributed by atoms with Crippen LogP contribution in [0.15, 0.2) is 4.52 Å². The molecular weight excluding hydrogens is 266 g/mol. The van der Waals surface area contributed by atoms with E-state index < -0.39 is 0 Å². The van der Waals surface area contributed by atoms with Gasteiger partial charge in [-0.05, 0) is 52.9 Å². The number of fused-ring (bicyclic) bond motifs is 2. The molecule has 6 nitrogen and oxygen atoms in total. The molecule has 3 aliphatic heterocycles. The quantitative estimate of drug-likeness (QED) is 0.877. The smallest absolute Gasteiger partial charge is 0.231 e. The molecular formula is C15H25N5O. The summed E-state index contributed by atoms with van der Waals surface area (Å²) in [5.41, 5.74) is 0. The van der Waals surface area contributed by atoms with Crippen LogP contribution < -0.4 is 5.32 Å². The van der Waals surface area contributed by atoms with Crippen molar-refractivity contribution in [2.45, 2.75) is 49.7 Å². The van der Waals surface area contributed by atoms with Crippen molar-refractivity contribution in [2.24, 2.45) is 0 Å². The van der Waals surface area contributed by atoms with Gasteiger partial charge in [0.2, 0.25) is 5.89 Å². The van der Waals surface area contributed by atoms with E-state index in [1.54, 1.807) is 0 Å². The molecule has 2 bridgehead atoms. The zero-order valence-corrected chi connectivity index (χ0v) is 13.0. The third-order valence-electron chi connectivity index (χ3n) is 5.44. The lowest BCUT2D eigenvalue weighted by Crippen LogP contribution is -2.31. The van der Waals surface area contributed by atoms with Crippen LogP contribution in [0.25, 0.3) is 0 Å². The standard InChI is InChI=1S/C15H25N5O/c1-19-6-3-7-20(2)13(9-19)14-17-15(21-18-14)11-8-10-4-5-12(11)16-10/h10-13,16H,3-9H2,1-2H3. The fourth-order valence-electron chi connectivity index (χ4n) is 4.18. The van der Waals surface area contributed by atoms with Gasteiger partial charge in [-0.25, -0.2) is 0 Å². The van der Waals surface area contributed by atoms with E-state index in [-0.39, 0.29) is 6.04 Å². The molecule has 3 aliphatic rings. The molecule has 3 fully saturated rings. The molecule has 4 heterocycles. The highest BCUT2D eigenvalue weighted by molar-refractivity contribution is 5.11. The Morgan fingerprint density at radius 3 is 2.90 bits per heavy atom. The van der Waals surface area contributed by atoms with Crippen LogP contribution in [-0.2, 0) is 0 Å². The van der Waals surface area contributed by atoms with E-state index in [2.05, 4.69) is 34.4 Å². The van der Waals surface area contributed by atoms with Crippen molar-refractivity contribution >= 4 is 0 Å². The van der Waals surface area contributed by atoms with Gasteiger partial charge in [0.05, 0.1) is 12.0 Å². The molecule has 4 unspecified atom stereocenters. The van der Waals surface area contributed by atoms with Gasteiger partial charge in [-0.15, -0.1) is 0 Å². The zero-order valence-electron chi connectivity index (χ0n) is 13.0. The van der Waals surface area contributed by atoms with Crippen LogP contribution in [0.3, 0.4) is 0 Å². The monoisotopic (exact) mass is 291 g/mol. The average molecular weight is 291 g/mol. The first-order valence-corrected chi connectivity index (χ1v) is 8.19. The summed E-state index contributed by atoms with van der Waals surface area (Å²) in [5, 5.41) is 7.96. The van der Waals surface area contributed by atoms with Gasteiger partial charge in [-0.3, -0.25) is 4.90 Å². The number of rotatable bonds is 2. The first-order valence-electron chi connectivity index (χ1n) is 8.19. The Labute approximate surface area is 125 Å². The first-order chi connectivity index (χ1) is 10.2. The maximum absolute atomic E-state index is 5.63. The molecule has 0 aromatic carbocycles. The Kier molecular flexibility index (Phi) is 3.47. The molecule has 1 N–H and O–H groups in total. The van der Waals surface area contributed by atoms with Gasteiger partial charge in [0.1, 0.15) is 0 Å². The second-order valence-corrected chi connectivity index (χ2v) is 6.99. The van der Waals surface area contributed by atoms with Crippen molar-refractivity contribution in [1.29, 1.82) is 0 Å². The van der Waals surface area contributed by atoms with Crippen LogP contribution in [0.4, 0.5) is 0 Å². The second kappa shape index (κ2) is 5.34. The molecule has 1 aromatic rings. The van der Waals surface area contributed by atoms with Crippen LogP contribution in [0.5, 0.6) is 0 Å². The lowest BCUT2D eigenvalue weighted by Gasteiger charge is -2.24. The summed E-state index contributed by atoms with van der Waals surface area (Å²) in [7, 11) is 4.34. The third-order valence-corrected chi connectivity index (χ3v) is 5.44. The van der Waals surface area contributed by atoms with E-state index in [1.807, 2.05) is 0 Å². The molecule has 3 saturated heterocycles. The minimum atomic E-state index is 0.251. The second-order valence-electron chi connectivity index (χ2n) is 6.99. The van der Waals surface area contributed by atoms with Crippen molar-refractivity contribution in [3.63, 3.8) is 0 Å². The minimum absolute atomic E-state index is 0.251. The van der Waals surface area contributed by atoms with Crippen LogP contribution in [0.1, 0.15) is 49.4 Å². The van der Waals surface area contributed by atoms with Gasteiger partial charge in [0.15, 0.2) is 5.82 Å². The van der Waals surface area contributed by atoms with Gasteiger partial charge >= 0.3 is 0 Å². The normalized spacial score (nSPS) is 38.0. The van der Waals surface area contributed by atoms with Gasteiger partial charge in [-0.1, -0.05) is 5.16 Å². The van der Waals surface area contributed by atoms with Crippen molar-refractivity contribution in [3.05, 3.63) is 11.7 Å². The fourth-order valence-corrected chi connectivity index (χ4v) is 4.18. The number of nitrogens with zero attached hydrogens (tertiary/aromatic N) is 4. The van der Waals surface area contributed by atoms with E-state index in [9.17, 15) is 0 Å². The van der Waals surface area contributed by atoms with Gasteiger partial charge in [0.25, 0.3) is 0 Å². The van der Waals surface area contributed by atoms with Crippen molar-refractivity contribution < 1.29 is 4.52 Å². The summed E-state index contributed by atoms with van der Waals surface area (Å²) in [6, 6.07) is 1.47.